The van der Waals surface area contributed by atoms with Crippen molar-refractivity contribution >= 4 is 11.9 Å². The van der Waals surface area contributed by atoms with E-state index in [1.54, 1.807) is 0 Å². The molecule has 7 nitrogen and oxygen atoms in total. The van der Waals surface area contributed by atoms with Crippen LogP contribution in [0.15, 0.2) is 0 Å². The molecule has 0 aliphatic heterocycles. The molecule has 82 valence electrons. The third-order valence-corrected chi connectivity index (χ3v) is 1.67. The van der Waals surface area contributed by atoms with Gasteiger partial charge in [-0.2, -0.15) is 0 Å². The molecule has 0 saturated carbocycles. The molecular weight excluding hydrogens is 190 g/mol. The maximum atomic E-state index is 11.1. The van der Waals surface area contributed by atoms with Crippen LogP contribution >= 0.6 is 0 Å². The summed E-state index contributed by atoms with van der Waals surface area (Å²) in [6.07, 6.45) is -1.04. The van der Waals surface area contributed by atoms with E-state index in [1.165, 1.54) is 6.92 Å². The molecule has 0 radical (unpaired) electrons. The van der Waals surface area contributed by atoms with Gasteiger partial charge in [0.2, 0.25) is 5.91 Å². The van der Waals surface area contributed by atoms with E-state index in [-0.39, 0.29) is 6.54 Å². The third kappa shape index (κ3) is 3.69. The van der Waals surface area contributed by atoms with E-state index in [2.05, 4.69) is 5.32 Å². The number of amides is 1. The second-order valence-corrected chi connectivity index (χ2v) is 2.90. The second kappa shape index (κ2) is 5.53. The van der Waals surface area contributed by atoms with E-state index in [9.17, 15) is 9.59 Å². The van der Waals surface area contributed by atoms with Crippen molar-refractivity contribution in [3.05, 3.63) is 0 Å². The number of carboxylic acids is 1. The van der Waals surface area contributed by atoms with E-state index in [4.69, 9.17) is 21.7 Å². The minimum absolute atomic E-state index is 0.229. The van der Waals surface area contributed by atoms with Gasteiger partial charge in [0, 0.05) is 6.54 Å². The lowest BCUT2D eigenvalue weighted by atomic mass is 10.1. The molecule has 0 aliphatic carbocycles. The van der Waals surface area contributed by atoms with Gasteiger partial charge >= 0.3 is 5.97 Å². The molecule has 0 aromatic rings. The SMILES string of the molecule is C[C@@H](O)[C@H](N)C(=O)N[C@H](CN)C(=O)O. The average Bonchev–Trinajstić information content (AvgIpc) is 2.11. The zero-order chi connectivity index (χ0) is 11.3. The van der Waals surface area contributed by atoms with Crippen molar-refractivity contribution in [3.8, 4) is 0 Å². The number of hydrogen-bond donors (Lipinski definition) is 5. The number of rotatable bonds is 5. The van der Waals surface area contributed by atoms with Gasteiger partial charge < -0.3 is 27.0 Å². The summed E-state index contributed by atoms with van der Waals surface area (Å²) in [6, 6.07) is -2.32. The van der Waals surface area contributed by atoms with Crippen LogP contribution in [0.4, 0.5) is 0 Å². The highest BCUT2D eigenvalue weighted by Gasteiger charge is 2.24. The van der Waals surface area contributed by atoms with Gasteiger partial charge in [-0.05, 0) is 6.92 Å². The van der Waals surface area contributed by atoms with Gasteiger partial charge in [-0.1, -0.05) is 0 Å². The molecule has 0 fully saturated rings. The maximum absolute atomic E-state index is 11.1. The molecule has 0 aromatic heterocycles. The summed E-state index contributed by atoms with van der Waals surface area (Å²) in [5.41, 5.74) is 10.4. The topological polar surface area (TPSA) is 139 Å². The molecule has 0 aromatic carbocycles. The fourth-order valence-corrected chi connectivity index (χ4v) is 0.708. The monoisotopic (exact) mass is 205 g/mol. The first kappa shape index (κ1) is 12.8. The molecule has 0 unspecified atom stereocenters. The molecule has 0 spiro atoms. The van der Waals surface area contributed by atoms with Gasteiger partial charge in [0.15, 0.2) is 0 Å². The lowest BCUT2D eigenvalue weighted by Gasteiger charge is -2.17. The van der Waals surface area contributed by atoms with Crippen LogP contribution in [0, 0.1) is 0 Å². The van der Waals surface area contributed by atoms with Crippen LogP contribution in [0.5, 0.6) is 0 Å². The number of carboxylic acid groups (broad SMARTS) is 1. The second-order valence-electron chi connectivity index (χ2n) is 2.90. The van der Waals surface area contributed by atoms with Crippen molar-refractivity contribution < 1.29 is 19.8 Å². The Morgan fingerprint density at radius 3 is 2.29 bits per heavy atom. The van der Waals surface area contributed by atoms with Crippen molar-refractivity contribution in [1.29, 1.82) is 0 Å². The number of aliphatic hydroxyl groups is 1. The molecule has 0 heterocycles. The van der Waals surface area contributed by atoms with Crippen molar-refractivity contribution in [3.63, 3.8) is 0 Å². The molecule has 0 rings (SSSR count). The standard InChI is InChI=1S/C7H15N3O4/c1-3(11)5(9)6(12)10-4(2-8)7(13)14/h3-5,11H,2,8-9H2,1H3,(H,10,12)(H,13,14)/t3-,4-,5+/m1/s1. The van der Waals surface area contributed by atoms with E-state index in [0.29, 0.717) is 0 Å². The molecule has 7 heteroatoms. The first-order valence-electron chi connectivity index (χ1n) is 4.07. The largest absolute Gasteiger partial charge is 0.480 e. The number of aliphatic carboxylic acids is 1. The zero-order valence-electron chi connectivity index (χ0n) is 7.80. The molecule has 3 atom stereocenters. The maximum Gasteiger partial charge on any atom is 0.327 e. The Kier molecular flexibility index (Phi) is 5.06. The lowest BCUT2D eigenvalue weighted by molar-refractivity contribution is -0.142. The zero-order valence-corrected chi connectivity index (χ0v) is 7.80. The Morgan fingerprint density at radius 2 is 2.00 bits per heavy atom. The van der Waals surface area contributed by atoms with Gasteiger partial charge in [0.1, 0.15) is 12.1 Å². The average molecular weight is 205 g/mol. The predicted molar refractivity (Wildman–Crippen MR) is 48.3 cm³/mol. The molecule has 0 aliphatic rings. The minimum Gasteiger partial charge on any atom is -0.480 e. The summed E-state index contributed by atoms with van der Waals surface area (Å²) in [6.45, 7) is 1.11. The first-order valence-corrected chi connectivity index (χ1v) is 4.07. The summed E-state index contributed by atoms with van der Waals surface area (Å²) in [5.74, 6) is -1.98. The van der Waals surface area contributed by atoms with Crippen molar-refractivity contribution in [2.45, 2.75) is 25.1 Å². The fraction of sp³-hybridized carbons (Fsp3) is 0.714. The van der Waals surface area contributed by atoms with Gasteiger partial charge in [0.25, 0.3) is 0 Å². The van der Waals surface area contributed by atoms with Crippen LogP contribution < -0.4 is 16.8 Å². The number of nitrogens with one attached hydrogen (secondary N) is 1. The smallest absolute Gasteiger partial charge is 0.327 e. The van der Waals surface area contributed by atoms with Crippen LogP contribution in [0.3, 0.4) is 0 Å². The highest BCUT2D eigenvalue weighted by Crippen LogP contribution is 1.90. The normalized spacial score (nSPS) is 16.9. The van der Waals surface area contributed by atoms with Crippen molar-refractivity contribution in [2.75, 3.05) is 6.54 Å². The summed E-state index contributed by atoms with van der Waals surface area (Å²) in [5, 5.41) is 19.6. The molecule has 0 saturated heterocycles. The summed E-state index contributed by atoms with van der Waals surface area (Å²) < 4.78 is 0. The fourth-order valence-electron chi connectivity index (χ4n) is 0.708. The van der Waals surface area contributed by atoms with Gasteiger partial charge in [-0.3, -0.25) is 4.79 Å². The van der Waals surface area contributed by atoms with Crippen molar-refractivity contribution in [2.24, 2.45) is 11.5 Å². The molecular formula is C7H15N3O4. The number of hydrogen-bond acceptors (Lipinski definition) is 5. The van der Waals surface area contributed by atoms with E-state index in [1.807, 2.05) is 0 Å². The van der Waals surface area contributed by atoms with E-state index >= 15 is 0 Å². The first-order chi connectivity index (χ1) is 6.40. The van der Waals surface area contributed by atoms with Crippen LogP contribution in [0.1, 0.15) is 6.92 Å². The Morgan fingerprint density at radius 1 is 1.50 bits per heavy atom. The Bertz CT molecular complexity index is 219. The van der Waals surface area contributed by atoms with Gasteiger partial charge in [-0.15, -0.1) is 0 Å². The number of carbonyl (C=O) groups excluding carboxylic acids is 1. The predicted octanol–water partition coefficient (Wildman–Crippen LogP) is -2.78. The van der Waals surface area contributed by atoms with E-state index in [0.717, 1.165) is 0 Å². The quantitative estimate of drug-likeness (QED) is 0.329. The molecule has 1 amide bonds. The van der Waals surface area contributed by atoms with Crippen LogP contribution in [0.25, 0.3) is 0 Å². The van der Waals surface area contributed by atoms with Gasteiger partial charge in [0.05, 0.1) is 6.10 Å². The Hall–Kier alpha value is -1.18. The van der Waals surface area contributed by atoms with E-state index < -0.39 is 30.1 Å². The summed E-state index contributed by atoms with van der Waals surface area (Å²) >= 11 is 0. The minimum atomic E-state index is -1.24. The third-order valence-electron chi connectivity index (χ3n) is 1.67. The van der Waals surface area contributed by atoms with Crippen molar-refractivity contribution in [1.82, 2.24) is 5.32 Å². The van der Waals surface area contributed by atoms with Crippen LogP contribution in [0.2, 0.25) is 0 Å². The van der Waals surface area contributed by atoms with Gasteiger partial charge in [-0.25, -0.2) is 4.79 Å². The summed E-state index contributed by atoms with van der Waals surface area (Å²) in [4.78, 5) is 21.6. The molecule has 7 N–H and O–H groups in total. The number of aliphatic hydroxyl groups excluding tert-OH is 1. The molecule has 0 bridgehead atoms. The number of nitrogens with two attached hydrogens (primary N) is 2. The Labute approximate surface area is 81.1 Å². The lowest BCUT2D eigenvalue weighted by Crippen LogP contribution is -2.54. The summed E-state index contributed by atoms with van der Waals surface area (Å²) in [7, 11) is 0. The Balaban J connectivity index is 4.22. The van der Waals surface area contributed by atoms with Crippen LogP contribution in [-0.2, 0) is 9.59 Å². The number of carbonyl (C=O) groups is 2. The highest BCUT2D eigenvalue weighted by molar-refractivity contribution is 5.87. The highest BCUT2D eigenvalue weighted by atomic mass is 16.4. The molecule has 14 heavy (non-hydrogen) atoms. The van der Waals surface area contributed by atoms with Crippen LogP contribution in [-0.4, -0.2) is 46.8 Å².